The zero-order valence-corrected chi connectivity index (χ0v) is 10.3. The fraction of sp³-hybridized carbons (Fsp3) is 1.00. The zero-order chi connectivity index (χ0) is 10.7. The standard InChI is InChI=1S/2C3H7O.C3H7.Al/c2*1-3(2)4;1-3-2;/h2*3H,1-2H3;3H,1-2H3;/q2*-1;;+2. The van der Waals surface area contributed by atoms with Crippen LogP contribution in [0.3, 0.4) is 0 Å². The van der Waals surface area contributed by atoms with E-state index >= 15 is 0 Å². The first kappa shape index (κ1) is 18.3. The van der Waals surface area contributed by atoms with Crippen LogP contribution in [-0.2, 0) is 0 Å². The molecule has 0 aromatic rings. The first-order valence-corrected chi connectivity index (χ1v) is 4.94. The first-order valence-electron chi connectivity index (χ1n) is 4.27. The van der Waals surface area contributed by atoms with Gasteiger partial charge >= 0.3 is 34.9 Å². The van der Waals surface area contributed by atoms with Crippen LogP contribution in [0, 0.1) is 0 Å². The molecule has 0 amide bonds. The van der Waals surface area contributed by atoms with Crippen LogP contribution < -0.4 is 10.2 Å². The summed E-state index contributed by atoms with van der Waals surface area (Å²) in [6.45, 7) is 10.7. The maximum atomic E-state index is 9.53. The van der Waals surface area contributed by atoms with E-state index in [0.717, 1.165) is 4.78 Å². The number of hydrogen-bond acceptors (Lipinski definition) is 2. The van der Waals surface area contributed by atoms with Crippen LogP contribution in [0.4, 0.5) is 0 Å². The van der Waals surface area contributed by atoms with Gasteiger partial charge in [0, 0.05) is 0 Å². The zero-order valence-electron chi connectivity index (χ0n) is 9.13. The quantitative estimate of drug-likeness (QED) is 0.519. The third-order valence-electron chi connectivity index (χ3n) is 0. The summed E-state index contributed by atoms with van der Waals surface area (Å²) in [5, 5.41) is 19.1. The van der Waals surface area contributed by atoms with E-state index in [4.69, 9.17) is 0 Å². The van der Waals surface area contributed by atoms with Crippen molar-refractivity contribution in [3.05, 3.63) is 0 Å². The third-order valence-corrected chi connectivity index (χ3v) is 0. The molecule has 0 aliphatic rings. The average molecular weight is 188 g/mol. The Kier molecular flexibility index (Phi) is 21.3. The molecule has 0 saturated heterocycles. The molecule has 3 heteroatoms. The van der Waals surface area contributed by atoms with E-state index in [2.05, 4.69) is 30.1 Å². The van der Waals surface area contributed by atoms with Gasteiger partial charge in [-0.15, -0.1) is 12.2 Å². The van der Waals surface area contributed by atoms with Gasteiger partial charge in [-0.25, -0.2) is 0 Å². The van der Waals surface area contributed by atoms with Gasteiger partial charge in [0.1, 0.15) is 0 Å². The summed E-state index contributed by atoms with van der Waals surface area (Å²) in [5.41, 5.74) is 0. The van der Waals surface area contributed by atoms with Crippen LogP contribution in [0.25, 0.3) is 0 Å². The minimum atomic E-state index is -0.417. The molecular weight excluding hydrogens is 167 g/mol. The van der Waals surface area contributed by atoms with Crippen molar-refractivity contribution in [2.45, 2.75) is 58.5 Å². The summed E-state index contributed by atoms with van der Waals surface area (Å²) in [6, 6.07) is 0. The van der Waals surface area contributed by atoms with Gasteiger partial charge < -0.3 is 10.2 Å². The normalized spacial score (nSPS) is 9.08. The topological polar surface area (TPSA) is 46.1 Å². The van der Waals surface area contributed by atoms with Crippen molar-refractivity contribution in [2.24, 2.45) is 0 Å². The van der Waals surface area contributed by atoms with Gasteiger partial charge in [-0.05, 0) is 0 Å². The molecule has 0 aromatic carbocycles. The Morgan fingerprint density at radius 3 is 0.750 bits per heavy atom. The molecule has 0 aromatic heterocycles. The second kappa shape index (κ2) is 14.0. The van der Waals surface area contributed by atoms with Crippen molar-refractivity contribution in [1.29, 1.82) is 0 Å². The Labute approximate surface area is 85.4 Å². The van der Waals surface area contributed by atoms with E-state index in [9.17, 15) is 10.2 Å². The van der Waals surface area contributed by atoms with Crippen LogP contribution in [0.15, 0.2) is 0 Å². The molecule has 2 nitrogen and oxygen atoms in total. The van der Waals surface area contributed by atoms with Crippen LogP contribution in [0.5, 0.6) is 0 Å². The first-order chi connectivity index (χ1) is 5.20. The van der Waals surface area contributed by atoms with Crippen molar-refractivity contribution in [3.8, 4) is 0 Å². The van der Waals surface area contributed by atoms with Crippen molar-refractivity contribution < 1.29 is 10.2 Å². The van der Waals surface area contributed by atoms with E-state index in [1.165, 1.54) is 0 Å². The molecule has 72 valence electrons. The van der Waals surface area contributed by atoms with E-state index in [1.54, 1.807) is 27.7 Å². The molecule has 0 unspecified atom stereocenters. The van der Waals surface area contributed by atoms with Crippen LogP contribution in [0.2, 0.25) is 4.78 Å². The molecule has 0 aliphatic heterocycles. The van der Waals surface area contributed by atoms with E-state index in [0.29, 0.717) is 0 Å². The van der Waals surface area contributed by atoms with Gasteiger partial charge in [-0.2, -0.15) is 0 Å². The SMILES string of the molecule is CC(C)[O-].CC(C)[O-].C[CH](C)[Al+2]. The molecule has 0 aliphatic carbocycles. The second-order valence-electron chi connectivity index (χ2n) is 3.34. The van der Waals surface area contributed by atoms with Crippen molar-refractivity contribution in [1.82, 2.24) is 0 Å². The van der Waals surface area contributed by atoms with Crippen LogP contribution >= 0.6 is 0 Å². The summed E-state index contributed by atoms with van der Waals surface area (Å²) in [7, 11) is 0. The Bertz CT molecular complexity index is 41.0. The summed E-state index contributed by atoms with van der Waals surface area (Å²) in [6.07, 6.45) is -0.833. The molecule has 0 heterocycles. The molecule has 0 saturated carbocycles. The third kappa shape index (κ3) is 4560. The molecule has 0 spiro atoms. The molecule has 0 N–H and O–H groups in total. The van der Waals surface area contributed by atoms with Crippen molar-refractivity contribution in [2.75, 3.05) is 0 Å². The van der Waals surface area contributed by atoms with Gasteiger partial charge in [-0.1, -0.05) is 27.7 Å². The van der Waals surface area contributed by atoms with E-state index in [-0.39, 0.29) is 0 Å². The maximum absolute atomic E-state index is 9.53. The molecular formula is C9H21AlO2. The Balaban J connectivity index is -0.000000101. The summed E-state index contributed by atoms with van der Waals surface area (Å²) in [4.78, 5) is 0. The molecule has 0 radical (unpaired) electrons. The monoisotopic (exact) mass is 188 g/mol. The molecule has 12 heavy (non-hydrogen) atoms. The summed E-state index contributed by atoms with van der Waals surface area (Å²) >= 11 is 2.66. The molecule has 0 fully saturated rings. The average Bonchev–Trinajstić information content (AvgIpc) is 1.54. The molecule has 0 atom stereocenters. The second-order valence-corrected chi connectivity index (χ2v) is 4.67. The predicted molar refractivity (Wildman–Crippen MR) is 51.1 cm³/mol. The minimum absolute atomic E-state index is 0.417. The summed E-state index contributed by atoms with van der Waals surface area (Å²) < 4.78 is 0.750. The van der Waals surface area contributed by atoms with Crippen LogP contribution in [0.1, 0.15) is 41.5 Å². The number of hydrogen-bond donors (Lipinski definition) is 0. The predicted octanol–water partition coefficient (Wildman–Crippen LogP) is 0.493. The van der Waals surface area contributed by atoms with Crippen LogP contribution in [-0.4, -0.2) is 28.5 Å². The summed E-state index contributed by atoms with van der Waals surface area (Å²) in [5.74, 6) is 0. The Morgan fingerprint density at radius 2 is 0.750 bits per heavy atom. The van der Waals surface area contributed by atoms with Crippen molar-refractivity contribution >= 4 is 16.3 Å². The van der Waals surface area contributed by atoms with Gasteiger partial charge in [-0.3, -0.25) is 0 Å². The van der Waals surface area contributed by atoms with Gasteiger partial charge in [0.25, 0.3) is 0 Å². The van der Waals surface area contributed by atoms with Gasteiger partial charge in [0.15, 0.2) is 0 Å². The molecule has 0 rings (SSSR count). The fourth-order valence-corrected chi connectivity index (χ4v) is 0. The van der Waals surface area contributed by atoms with Crippen molar-refractivity contribution in [3.63, 3.8) is 0 Å². The van der Waals surface area contributed by atoms with Gasteiger partial charge in [0.2, 0.25) is 0 Å². The van der Waals surface area contributed by atoms with E-state index in [1.807, 2.05) is 0 Å². The van der Waals surface area contributed by atoms with Gasteiger partial charge in [0.05, 0.1) is 0 Å². The fourth-order valence-electron chi connectivity index (χ4n) is 0. The Morgan fingerprint density at radius 1 is 0.750 bits per heavy atom. The number of rotatable bonds is 0. The molecule has 0 bridgehead atoms. The Hall–Kier alpha value is 0.452. The van der Waals surface area contributed by atoms with E-state index < -0.39 is 12.2 Å².